The summed E-state index contributed by atoms with van der Waals surface area (Å²) in [5, 5.41) is 4.57. The lowest BCUT2D eigenvalue weighted by atomic mass is 10.2. The first-order valence-corrected chi connectivity index (χ1v) is 8.26. The molecule has 1 saturated heterocycles. The van der Waals surface area contributed by atoms with Gasteiger partial charge < -0.3 is 10.2 Å². The highest BCUT2D eigenvalue weighted by Crippen LogP contribution is 2.22. The SMILES string of the molecule is Fc1cnc(N2CCC(NCc3ccc(Cl)cc3Cl)C2)nc1Cl. The molecule has 2 aromatic rings. The Hall–Kier alpha value is -1.14. The van der Waals surface area contributed by atoms with E-state index in [2.05, 4.69) is 15.3 Å². The van der Waals surface area contributed by atoms with Crippen molar-refractivity contribution in [2.45, 2.75) is 19.0 Å². The second kappa shape index (κ2) is 7.18. The largest absolute Gasteiger partial charge is 0.339 e. The van der Waals surface area contributed by atoms with Gasteiger partial charge in [-0.2, -0.15) is 4.98 Å². The second-order valence-corrected chi connectivity index (χ2v) is 6.56. The molecule has 4 nitrogen and oxygen atoms in total. The number of hydrogen-bond donors (Lipinski definition) is 1. The first kappa shape index (κ1) is 16.7. The molecule has 1 aromatic carbocycles. The van der Waals surface area contributed by atoms with E-state index in [1.807, 2.05) is 17.0 Å². The fourth-order valence-corrected chi connectivity index (χ4v) is 3.12. The van der Waals surface area contributed by atoms with Gasteiger partial charge in [0.2, 0.25) is 5.95 Å². The van der Waals surface area contributed by atoms with Crippen molar-refractivity contribution in [2.24, 2.45) is 0 Å². The first-order valence-electron chi connectivity index (χ1n) is 7.13. The lowest BCUT2D eigenvalue weighted by molar-refractivity contribution is 0.551. The van der Waals surface area contributed by atoms with Crippen LogP contribution in [0.3, 0.4) is 0 Å². The molecule has 0 radical (unpaired) electrons. The summed E-state index contributed by atoms with van der Waals surface area (Å²) in [6.07, 6.45) is 2.03. The molecule has 1 unspecified atom stereocenters. The van der Waals surface area contributed by atoms with E-state index in [1.54, 1.807) is 6.07 Å². The Kier molecular flexibility index (Phi) is 5.21. The van der Waals surface area contributed by atoms with Gasteiger partial charge in [-0.05, 0) is 24.1 Å². The minimum Gasteiger partial charge on any atom is -0.339 e. The lowest BCUT2D eigenvalue weighted by Crippen LogP contribution is -2.32. The molecule has 0 saturated carbocycles. The molecule has 1 atom stereocenters. The molecule has 0 aliphatic carbocycles. The molecule has 23 heavy (non-hydrogen) atoms. The highest BCUT2D eigenvalue weighted by Gasteiger charge is 2.24. The zero-order chi connectivity index (χ0) is 16.4. The summed E-state index contributed by atoms with van der Waals surface area (Å²) in [5.74, 6) is -0.160. The van der Waals surface area contributed by atoms with Gasteiger partial charge in [0.15, 0.2) is 11.0 Å². The van der Waals surface area contributed by atoms with Crippen LogP contribution >= 0.6 is 34.8 Å². The monoisotopic (exact) mass is 374 g/mol. The van der Waals surface area contributed by atoms with E-state index in [9.17, 15) is 4.39 Å². The molecular weight excluding hydrogens is 362 g/mol. The van der Waals surface area contributed by atoms with Gasteiger partial charge in [0.1, 0.15) is 0 Å². The zero-order valence-corrected chi connectivity index (χ0v) is 14.3. The predicted molar refractivity (Wildman–Crippen MR) is 90.9 cm³/mol. The Morgan fingerprint density at radius 3 is 2.87 bits per heavy atom. The van der Waals surface area contributed by atoms with Crippen LogP contribution in [0.25, 0.3) is 0 Å². The van der Waals surface area contributed by atoms with Gasteiger partial charge >= 0.3 is 0 Å². The molecule has 1 aliphatic heterocycles. The van der Waals surface area contributed by atoms with Crippen LogP contribution in [-0.2, 0) is 6.54 Å². The topological polar surface area (TPSA) is 41.1 Å². The van der Waals surface area contributed by atoms with Gasteiger partial charge in [0.05, 0.1) is 6.20 Å². The quantitative estimate of drug-likeness (QED) is 0.822. The van der Waals surface area contributed by atoms with Crippen LogP contribution in [0.15, 0.2) is 24.4 Å². The van der Waals surface area contributed by atoms with Crippen molar-refractivity contribution in [3.8, 4) is 0 Å². The van der Waals surface area contributed by atoms with Crippen molar-refractivity contribution < 1.29 is 4.39 Å². The van der Waals surface area contributed by atoms with Crippen molar-refractivity contribution in [1.82, 2.24) is 15.3 Å². The molecular formula is C15H14Cl3FN4. The van der Waals surface area contributed by atoms with Crippen LogP contribution in [0.5, 0.6) is 0 Å². The normalized spacial score (nSPS) is 17.7. The molecule has 3 rings (SSSR count). The number of benzene rings is 1. The van der Waals surface area contributed by atoms with Crippen LogP contribution in [0.2, 0.25) is 15.2 Å². The van der Waals surface area contributed by atoms with Gasteiger partial charge in [-0.25, -0.2) is 9.37 Å². The van der Waals surface area contributed by atoms with Crippen molar-refractivity contribution in [1.29, 1.82) is 0 Å². The molecule has 0 bridgehead atoms. The van der Waals surface area contributed by atoms with Crippen LogP contribution in [-0.4, -0.2) is 29.1 Å². The maximum absolute atomic E-state index is 13.1. The maximum atomic E-state index is 13.1. The van der Waals surface area contributed by atoms with E-state index in [0.717, 1.165) is 31.3 Å². The molecule has 1 aliphatic rings. The summed E-state index contributed by atoms with van der Waals surface area (Å²) < 4.78 is 13.1. The number of halogens is 4. The summed E-state index contributed by atoms with van der Waals surface area (Å²) >= 11 is 17.8. The summed E-state index contributed by atoms with van der Waals surface area (Å²) in [4.78, 5) is 9.94. The first-order chi connectivity index (χ1) is 11.0. The Labute approximate surface area is 148 Å². The van der Waals surface area contributed by atoms with Gasteiger partial charge in [-0.15, -0.1) is 0 Å². The predicted octanol–water partition coefficient (Wildman–Crippen LogP) is 3.94. The van der Waals surface area contributed by atoms with Crippen molar-refractivity contribution in [2.75, 3.05) is 18.0 Å². The van der Waals surface area contributed by atoms with Gasteiger partial charge in [-0.1, -0.05) is 40.9 Å². The molecule has 8 heteroatoms. The molecule has 0 amide bonds. The van der Waals surface area contributed by atoms with Gasteiger partial charge in [0, 0.05) is 35.7 Å². The Morgan fingerprint density at radius 2 is 2.13 bits per heavy atom. The van der Waals surface area contributed by atoms with Crippen LogP contribution in [0.1, 0.15) is 12.0 Å². The highest BCUT2D eigenvalue weighted by molar-refractivity contribution is 6.35. The second-order valence-electron chi connectivity index (χ2n) is 5.36. The molecule has 1 N–H and O–H groups in total. The minimum atomic E-state index is -0.610. The zero-order valence-electron chi connectivity index (χ0n) is 12.1. The van der Waals surface area contributed by atoms with Gasteiger partial charge in [-0.3, -0.25) is 0 Å². The third-order valence-electron chi connectivity index (χ3n) is 3.76. The summed E-state index contributed by atoms with van der Waals surface area (Å²) in [5.41, 5.74) is 0.996. The standard InChI is InChI=1S/C15H14Cl3FN4/c16-10-2-1-9(12(17)5-10)6-20-11-3-4-23(8-11)15-21-7-13(19)14(18)22-15/h1-2,5,7,11,20H,3-4,6,8H2. The van der Waals surface area contributed by atoms with E-state index in [4.69, 9.17) is 34.8 Å². The summed E-state index contributed by atoms with van der Waals surface area (Å²) in [6.45, 7) is 2.17. The third-order valence-corrected chi connectivity index (χ3v) is 4.61. The fraction of sp³-hybridized carbons (Fsp3) is 0.333. The number of nitrogens with zero attached hydrogens (tertiary/aromatic N) is 3. The van der Waals surface area contributed by atoms with Gasteiger partial charge in [0.25, 0.3) is 0 Å². The van der Waals surface area contributed by atoms with Crippen molar-refractivity contribution in [3.63, 3.8) is 0 Å². The van der Waals surface area contributed by atoms with Crippen LogP contribution in [0, 0.1) is 5.82 Å². The third kappa shape index (κ3) is 4.04. The molecule has 0 spiro atoms. The van der Waals surface area contributed by atoms with Crippen molar-refractivity contribution >= 4 is 40.8 Å². The van der Waals surface area contributed by atoms with E-state index in [1.165, 1.54) is 0 Å². The summed E-state index contributed by atoms with van der Waals surface area (Å²) in [7, 11) is 0. The molecule has 2 heterocycles. The van der Waals surface area contributed by atoms with Crippen LogP contribution < -0.4 is 10.2 Å². The number of aromatic nitrogens is 2. The average molecular weight is 376 g/mol. The Balaban J connectivity index is 1.58. The number of rotatable bonds is 4. The van der Waals surface area contributed by atoms with E-state index in [-0.39, 0.29) is 11.2 Å². The van der Waals surface area contributed by atoms with Crippen molar-refractivity contribution in [3.05, 3.63) is 51.0 Å². The number of anilines is 1. The number of hydrogen-bond acceptors (Lipinski definition) is 4. The van der Waals surface area contributed by atoms with E-state index < -0.39 is 5.82 Å². The fourth-order valence-electron chi connectivity index (χ4n) is 2.52. The average Bonchev–Trinajstić information content (AvgIpc) is 2.98. The Morgan fingerprint density at radius 1 is 1.30 bits per heavy atom. The van der Waals surface area contributed by atoms with Crippen LogP contribution in [0.4, 0.5) is 10.3 Å². The number of nitrogens with one attached hydrogen (secondary N) is 1. The lowest BCUT2D eigenvalue weighted by Gasteiger charge is -2.17. The maximum Gasteiger partial charge on any atom is 0.226 e. The molecule has 122 valence electrons. The molecule has 1 fully saturated rings. The van der Waals surface area contributed by atoms with E-state index in [0.29, 0.717) is 22.5 Å². The smallest absolute Gasteiger partial charge is 0.226 e. The Bertz CT molecular complexity index is 713. The highest BCUT2D eigenvalue weighted by atomic mass is 35.5. The minimum absolute atomic E-state index is 0.153. The van der Waals surface area contributed by atoms with E-state index >= 15 is 0 Å². The summed E-state index contributed by atoms with van der Waals surface area (Å²) in [6, 6.07) is 5.73. The molecule has 1 aromatic heterocycles.